The van der Waals surface area contributed by atoms with Crippen LogP contribution < -0.4 is 5.73 Å². The van der Waals surface area contributed by atoms with Crippen LogP contribution in [0.4, 0.5) is 31.1 Å². The fourth-order valence-corrected chi connectivity index (χ4v) is 0.434. The molecule has 0 aromatic carbocycles. The fourth-order valence-electron chi connectivity index (χ4n) is 0.434. The molecule has 0 aromatic rings. The van der Waals surface area contributed by atoms with Crippen molar-refractivity contribution in [2.45, 2.75) is 18.3 Å². The minimum Gasteiger partial charge on any atom is -0.440 e. The summed E-state index contributed by atoms with van der Waals surface area (Å²) in [5.74, 6) is 0. The molecular formula is C5H5F6NO4. The first-order valence-corrected chi connectivity index (χ1v) is 3.35. The number of carbonyl (C=O) groups excluding carboxylic acids is 1. The summed E-state index contributed by atoms with van der Waals surface area (Å²) in [6.45, 7) is -2.10. The number of rotatable bonds is 5. The van der Waals surface area contributed by atoms with E-state index < -0.39 is 31.0 Å². The number of carbonyl (C=O) groups is 1. The zero-order chi connectivity index (χ0) is 13.2. The van der Waals surface area contributed by atoms with Crippen molar-refractivity contribution in [2.24, 2.45) is 5.73 Å². The van der Waals surface area contributed by atoms with Gasteiger partial charge in [-0.1, -0.05) is 0 Å². The van der Waals surface area contributed by atoms with Crippen molar-refractivity contribution < 1.29 is 45.7 Å². The molecule has 0 rings (SSSR count). The number of primary amides is 1. The van der Waals surface area contributed by atoms with Gasteiger partial charge >= 0.3 is 24.4 Å². The summed E-state index contributed by atoms with van der Waals surface area (Å²) in [6, 6.07) is 0. The van der Waals surface area contributed by atoms with Crippen molar-refractivity contribution in [3.8, 4) is 0 Å². The zero-order valence-corrected chi connectivity index (χ0v) is 7.22. The average Bonchev–Trinajstić information content (AvgIpc) is 1.96. The first-order chi connectivity index (χ1) is 6.87. The van der Waals surface area contributed by atoms with E-state index in [0.29, 0.717) is 0 Å². The van der Waals surface area contributed by atoms with Crippen molar-refractivity contribution in [3.63, 3.8) is 0 Å². The van der Waals surface area contributed by atoms with Gasteiger partial charge in [-0.3, -0.25) is 0 Å². The standard InChI is InChI=1S/C5H5F6NO4/c6-3(7,1-15-2(12)13)16-5(10,11)4(8,9)14/h14H,1H2,(H2,12,13). The largest absolute Gasteiger partial charge is 0.452 e. The molecule has 0 aliphatic heterocycles. The maximum atomic E-state index is 12.3. The van der Waals surface area contributed by atoms with Crippen LogP contribution in [0.25, 0.3) is 0 Å². The van der Waals surface area contributed by atoms with Crippen LogP contribution in [0.15, 0.2) is 0 Å². The Kier molecular flexibility index (Phi) is 4.00. The van der Waals surface area contributed by atoms with E-state index in [9.17, 15) is 31.1 Å². The van der Waals surface area contributed by atoms with Crippen LogP contribution >= 0.6 is 0 Å². The summed E-state index contributed by atoms with van der Waals surface area (Å²) in [6.07, 6.45) is -18.4. The number of halogens is 6. The second-order valence-corrected chi connectivity index (χ2v) is 2.41. The van der Waals surface area contributed by atoms with Crippen molar-refractivity contribution in [1.82, 2.24) is 0 Å². The van der Waals surface area contributed by atoms with Gasteiger partial charge in [0, 0.05) is 0 Å². The van der Waals surface area contributed by atoms with Gasteiger partial charge < -0.3 is 15.6 Å². The third kappa shape index (κ3) is 4.53. The Morgan fingerprint density at radius 2 is 1.62 bits per heavy atom. The van der Waals surface area contributed by atoms with E-state index in [0.717, 1.165) is 0 Å². The summed E-state index contributed by atoms with van der Waals surface area (Å²) < 4.78 is 77.8. The SMILES string of the molecule is NC(=O)OCC(F)(F)OC(F)(F)C(O)(F)F. The molecule has 11 heteroatoms. The van der Waals surface area contributed by atoms with Crippen LogP contribution in [0.2, 0.25) is 0 Å². The molecule has 0 atom stereocenters. The highest BCUT2D eigenvalue weighted by Gasteiger charge is 2.62. The van der Waals surface area contributed by atoms with Gasteiger partial charge in [-0.2, -0.15) is 26.3 Å². The van der Waals surface area contributed by atoms with E-state index in [1.807, 2.05) is 0 Å². The summed E-state index contributed by atoms with van der Waals surface area (Å²) >= 11 is 0. The molecule has 0 aromatic heterocycles. The third-order valence-electron chi connectivity index (χ3n) is 1.01. The minimum absolute atomic E-state index is 1.75. The Labute approximate surface area is 83.7 Å². The lowest BCUT2D eigenvalue weighted by atomic mass is 10.5. The molecule has 0 saturated carbocycles. The molecule has 5 nitrogen and oxygen atoms in total. The van der Waals surface area contributed by atoms with Crippen molar-refractivity contribution in [3.05, 3.63) is 0 Å². The van der Waals surface area contributed by atoms with Gasteiger partial charge in [-0.05, 0) is 0 Å². The van der Waals surface area contributed by atoms with E-state index in [4.69, 9.17) is 5.11 Å². The van der Waals surface area contributed by atoms with Crippen molar-refractivity contribution in [2.75, 3.05) is 6.61 Å². The second-order valence-electron chi connectivity index (χ2n) is 2.41. The molecule has 0 heterocycles. The molecule has 0 radical (unpaired) electrons. The van der Waals surface area contributed by atoms with Gasteiger partial charge in [0.15, 0.2) is 6.61 Å². The van der Waals surface area contributed by atoms with Crippen molar-refractivity contribution >= 4 is 6.09 Å². The van der Waals surface area contributed by atoms with Crippen LogP contribution in [-0.4, -0.2) is 36.1 Å². The predicted octanol–water partition coefficient (Wildman–Crippen LogP) is 0.869. The highest BCUT2D eigenvalue weighted by molar-refractivity contribution is 5.64. The van der Waals surface area contributed by atoms with Crippen LogP contribution in [-0.2, 0) is 9.47 Å². The van der Waals surface area contributed by atoms with Gasteiger partial charge in [-0.15, -0.1) is 0 Å². The van der Waals surface area contributed by atoms with Gasteiger partial charge in [-0.25, -0.2) is 9.53 Å². The molecule has 0 aliphatic rings. The van der Waals surface area contributed by atoms with Crippen molar-refractivity contribution in [1.29, 1.82) is 0 Å². The summed E-state index contributed by atoms with van der Waals surface area (Å²) in [4.78, 5) is 9.83. The highest BCUT2D eigenvalue weighted by Crippen LogP contribution is 2.37. The molecule has 16 heavy (non-hydrogen) atoms. The lowest BCUT2D eigenvalue weighted by Crippen LogP contribution is -2.48. The molecule has 1 amide bonds. The molecule has 0 unspecified atom stereocenters. The van der Waals surface area contributed by atoms with Crippen LogP contribution in [0, 0.1) is 0 Å². The molecule has 0 fully saturated rings. The fraction of sp³-hybridized carbons (Fsp3) is 0.800. The lowest BCUT2D eigenvalue weighted by molar-refractivity contribution is -0.475. The number of alkyl halides is 6. The van der Waals surface area contributed by atoms with E-state index in [2.05, 4.69) is 15.2 Å². The quantitative estimate of drug-likeness (QED) is 0.716. The lowest BCUT2D eigenvalue weighted by Gasteiger charge is -2.25. The Bertz CT molecular complexity index is 264. The number of hydrogen-bond acceptors (Lipinski definition) is 4. The van der Waals surface area contributed by atoms with Gasteiger partial charge in [0.25, 0.3) is 0 Å². The predicted molar refractivity (Wildman–Crippen MR) is 33.7 cm³/mol. The molecule has 0 spiro atoms. The Balaban J connectivity index is 4.51. The van der Waals surface area contributed by atoms with E-state index >= 15 is 0 Å². The van der Waals surface area contributed by atoms with Gasteiger partial charge in [0.1, 0.15) is 0 Å². The van der Waals surface area contributed by atoms with E-state index in [-0.39, 0.29) is 0 Å². The van der Waals surface area contributed by atoms with Crippen LogP contribution in [0.3, 0.4) is 0 Å². The average molecular weight is 257 g/mol. The normalized spacial score (nSPS) is 13.7. The minimum atomic E-state index is -5.85. The molecular weight excluding hydrogens is 252 g/mol. The van der Waals surface area contributed by atoms with E-state index in [1.165, 1.54) is 0 Å². The van der Waals surface area contributed by atoms with Gasteiger partial charge in [0.05, 0.1) is 0 Å². The number of ether oxygens (including phenoxy) is 2. The molecule has 0 saturated heterocycles. The van der Waals surface area contributed by atoms with Crippen LogP contribution in [0.5, 0.6) is 0 Å². The van der Waals surface area contributed by atoms with Gasteiger partial charge in [0.2, 0.25) is 0 Å². The third-order valence-corrected chi connectivity index (χ3v) is 1.01. The zero-order valence-electron chi connectivity index (χ0n) is 7.22. The highest BCUT2D eigenvalue weighted by atomic mass is 19.3. The first-order valence-electron chi connectivity index (χ1n) is 3.35. The number of nitrogens with two attached hydrogens (primary N) is 1. The first kappa shape index (κ1) is 14.8. The van der Waals surface area contributed by atoms with Crippen LogP contribution in [0.1, 0.15) is 0 Å². The number of hydrogen-bond donors (Lipinski definition) is 2. The Morgan fingerprint density at radius 1 is 1.19 bits per heavy atom. The second kappa shape index (κ2) is 4.33. The molecule has 0 bridgehead atoms. The molecule has 96 valence electrons. The maximum Gasteiger partial charge on any atom is 0.452 e. The Morgan fingerprint density at radius 3 is 1.94 bits per heavy atom. The number of aliphatic hydroxyl groups is 1. The summed E-state index contributed by atoms with van der Waals surface area (Å²) in [7, 11) is 0. The summed E-state index contributed by atoms with van der Waals surface area (Å²) in [5, 5.41) is 7.51. The smallest absolute Gasteiger partial charge is 0.440 e. The maximum absolute atomic E-state index is 12.3. The number of amides is 1. The Hall–Kier alpha value is -1.23. The summed E-state index contributed by atoms with van der Waals surface area (Å²) in [5.41, 5.74) is 4.21. The molecule has 0 aliphatic carbocycles. The molecule has 3 N–H and O–H groups in total. The van der Waals surface area contributed by atoms with E-state index in [1.54, 1.807) is 0 Å². The topological polar surface area (TPSA) is 81.8 Å². The monoisotopic (exact) mass is 257 g/mol.